The Morgan fingerprint density at radius 2 is 2.12 bits per heavy atom. The number of non-ortho nitro benzene ring substituents is 1. The Morgan fingerprint density at radius 1 is 1.33 bits per heavy atom. The zero-order valence-electron chi connectivity index (χ0n) is 12.7. The van der Waals surface area contributed by atoms with Crippen molar-refractivity contribution in [2.75, 3.05) is 11.9 Å². The maximum Gasteiger partial charge on any atom is 0.269 e. The molecule has 0 bridgehead atoms. The van der Waals surface area contributed by atoms with Crippen molar-refractivity contribution in [3.05, 3.63) is 75.3 Å². The lowest BCUT2D eigenvalue weighted by Crippen LogP contribution is -2.20. The first kappa shape index (κ1) is 17.7. The summed E-state index contributed by atoms with van der Waals surface area (Å²) in [6.07, 6.45) is 2.03. The number of rotatable bonds is 7. The van der Waals surface area contributed by atoms with Gasteiger partial charge in [0.05, 0.1) is 4.92 Å². The molecular weight excluding hydrogens is 376 g/mol. The molecule has 0 heterocycles. The molecule has 0 spiro atoms. The predicted octanol–water partition coefficient (Wildman–Crippen LogP) is 4.10. The number of nitro benzene ring substituents is 1. The summed E-state index contributed by atoms with van der Waals surface area (Å²) < 4.78 is 6.35. The van der Waals surface area contributed by atoms with Gasteiger partial charge in [-0.1, -0.05) is 28.1 Å². The number of carbonyl (C=O) groups excluding carboxylic acids is 1. The first-order valence-electron chi connectivity index (χ1n) is 7.06. The maximum atomic E-state index is 12.0. The van der Waals surface area contributed by atoms with Crippen LogP contribution in [-0.4, -0.2) is 17.4 Å². The standard InChI is InChI=1S/C17H15BrN2O4/c1-2-4-12-9-15(20(22)23)7-8-16(12)24-11-17(21)19-14-6-3-5-13(18)10-14/h2-3,5-10H,1,4,11H2,(H,19,21). The Morgan fingerprint density at radius 3 is 2.79 bits per heavy atom. The molecule has 1 N–H and O–H groups in total. The third-order valence-corrected chi connectivity index (χ3v) is 3.58. The van der Waals surface area contributed by atoms with E-state index >= 15 is 0 Å². The van der Waals surface area contributed by atoms with Crippen molar-refractivity contribution in [3.63, 3.8) is 0 Å². The summed E-state index contributed by atoms with van der Waals surface area (Å²) in [5.41, 5.74) is 1.22. The largest absolute Gasteiger partial charge is 0.483 e. The van der Waals surface area contributed by atoms with E-state index in [1.165, 1.54) is 18.2 Å². The predicted molar refractivity (Wildman–Crippen MR) is 95.3 cm³/mol. The van der Waals surface area contributed by atoms with Crippen LogP contribution in [0.15, 0.2) is 59.6 Å². The van der Waals surface area contributed by atoms with E-state index < -0.39 is 4.92 Å². The molecule has 0 fully saturated rings. The van der Waals surface area contributed by atoms with E-state index in [0.29, 0.717) is 23.4 Å². The van der Waals surface area contributed by atoms with Crippen molar-refractivity contribution in [1.82, 2.24) is 0 Å². The van der Waals surface area contributed by atoms with Gasteiger partial charge in [-0.3, -0.25) is 14.9 Å². The number of amides is 1. The van der Waals surface area contributed by atoms with E-state index in [1.807, 2.05) is 6.07 Å². The average molecular weight is 391 g/mol. The second kappa shape index (κ2) is 8.26. The molecular formula is C17H15BrN2O4. The summed E-state index contributed by atoms with van der Waals surface area (Å²) in [5, 5.41) is 13.5. The van der Waals surface area contributed by atoms with Gasteiger partial charge < -0.3 is 10.1 Å². The summed E-state index contributed by atoms with van der Waals surface area (Å²) in [4.78, 5) is 22.3. The molecule has 1 amide bonds. The Bertz CT molecular complexity index is 777. The number of benzene rings is 2. The van der Waals surface area contributed by atoms with E-state index in [-0.39, 0.29) is 18.2 Å². The molecule has 0 radical (unpaired) electrons. The lowest BCUT2D eigenvalue weighted by molar-refractivity contribution is -0.384. The molecule has 0 atom stereocenters. The molecule has 0 saturated carbocycles. The van der Waals surface area contributed by atoms with E-state index in [9.17, 15) is 14.9 Å². The van der Waals surface area contributed by atoms with Crippen LogP contribution in [0.4, 0.5) is 11.4 Å². The number of allylic oxidation sites excluding steroid dienone is 1. The van der Waals surface area contributed by atoms with Crippen LogP contribution in [-0.2, 0) is 11.2 Å². The fourth-order valence-corrected chi connectivity index (χ4v) is 2.44. The van der Waals surface area contributed by atoms with E-state index in [4.69, 9.17) is 4.74 Å². The van der Waals surface area contributed by atoms with Gasteiger partial charge in [0.2, 0.25) is 0 Å². The average Bonchev–Trinajstić information content (AvgIpc) is 2.53. The monoisotopic (exact) mass is 390 g/mol. The molecule has 7 heteroatoms. The van der Waals surface area contributed by atoms with Crippen molar-refractivity contribution in [2.45, 2.75) is 6.42 Å². The summed E-state index contributed by atoms with van der Waals surface area (Å²) in [6, 6.07) is 11.4. The number of anilines is 1. The van der Waals surface area contributed by atoms with E-state index in [0.717, 1.165) is 4.47 Å². The summed E-state index contributed by atoms with van der Waals surface area (Å²) >= 11 is 3.33. The van der Waals surface area contributed by atoms with Gasteiger partial charge in [0.15, 0.2) is 6.61 Å². The number of nitro groups is 1. The maximum absolute atomic E-state index is 12.0. The van der Waals surface area contributed by atoms with Gasteiger partial charge in [-0.25, -0.2) is 0 Å². The fraction of sp³-hybridized carbons (Fsp3) is 0.118. The van der Waals surface area contributed by atoms with Gasteiger partial charge in [-0.05, 0) is 30.7 Å². The molecule has 2 rings (SSSR count). The first-order chi connectivity index (χ1) is 11.5. The lowest BCUT2D eigenvalue weighted by atomic mass is 10.1. The van der Waals surface area contributed by atoms with Crippen LogP contribution in [0.5, 0.6) is 5.75 Å². The van der Waals surface area contributed by atoms with Gasteiger partial charge in [0, 0.05) is 27.9 Å². The SMILES string of the molecule is C=CCc1cc([N+](=O)[O-])ccc1OCC(=O)Nc1cccc(Br)c1. The van der Waals surface area contributed by atoms with Crippen LogP contribution in [0.1, 0.15) is 5.56 Å². The summed E-state index contributed by atoms with van der Waals surface area (Å²) in [5.74, 6) is 0.0981. The number of nitrogens with one attached hydrogen (secondary N) is 1. The van der Waals surface area contributed by atoms with Gasteiger partial charge in [0.25, 0.3) is 11.6 Å². The van der Waals surface area contributed by atoms with Crippen LogP contribution < -0.4 is 10.1 Å². The highest BCUT2D eigenvalue weighted by Gasteiger charge is 2.12. The van der Waals surface area contributed by atoms with E-state index in [2.05, 4.69) is 27.8 Å². The van der Waals surface area contributed by atoms with Crippen LogP contribution in [0.25, 0.3) is 0 Å². The molecule has 6 nitrogen and oxygen atoms in total. The number of hydrogen-bond donors (Lipinski definition) is 1. The van der Waals surface area contributed by atoms with Crippen LogP contribution in [0.3, 0.4) is 0 Å². The first-order valence-corrected chi connectivity index (χ1v) is 7.85. The van der Waals surface area contributed by atoms with Gasteiger partial charge in [-0.2, -0.15) is 0 Å². The third-order valence-electron chi connectivity index (χ3n) is 3.09. The van der Waals surface area contributed by atoms with Crippen LogP contribution >= 0.6 is 15.9 Å². The topological polar surface area (TPSA) is 81.5 Å². The number of ether oxygens (including phenoxy) is 1. The summed E-state index contributed by atoms with van der Waals surface area (Å²) in [6.45, 7) is 3.42. The number of halogens is 1. The zero-order chi connectivity index (χ0) is 17.5. The van der Waals surface area contributed by atoms with Crippen molar-refractivity contribution < 1.29 is 14.5 Å². The summed E-state index contributed by atoms with van der Waals surface area (Å²) in [7, 11) is 0. The highest BCUT2D eigenvalue weighted by molar-refractivity contribution is 9.10. The van der Waals surface area contributed by atoms with Crippen LogP contribution in [0.2, 0.25) is 0 Å². The molecule has 0 unspecified atom stereocenters. The van der Waals surface area contributed by atoms with Gasteiger partial charge in [-0.15, -0.1) is 6.58 Å². The van der Waals surface area contributed by atoms with Crippen molar-refractivity contribution in [3.8, 4) is 5.75 Å². The Kier molecular flexibility index (Phi) is 6.08. The highest BCUT2D eigenvalue weighted by Crippen LogP contribution is 2.25. The number of carbonyl (C=O) groups is 1. The van der Waals surface area contributed by atoms with Crippen molar-refractivity contribution in [2.24, 2.45) is 0 Å². The van der Waals surface area contributed by atoms with Gasteiger partial charge in [0.1, 0.15) is 5.75 Å². The van der Waals surface area contributed by atoms with Crippen molar-refractivity contribution in [1.29, 1.82) is 0 Å². The quantitative estimate of drug-likeness (QED) is 0.438. The molecule has 0 saturated heterocycles. The Balaban J connectivity index is 2.03. The Hall–Kier alpha value is -2.67. The Labute approximate surface area is 147 Å². The second-order valence-corrected chi connectivity index (χ2v) is 5.80. The molecule has 2 aromatic rings. The fourth-order valence-electron chi connectivity index (χ4n) is 2.04. The number of hydrogen-bond acceptors (Lipinski definition) is 4. The smallest absolute Gasteiger partial charge is 0.269 e. The lowest BCUT2D eigenvalue weighted by Gasteiger charge is -2.11. The minimum absolute atomic E-state index is 0.0298. The highest BCUT2D eigenvalue weighted by atomic mass is 79.9. The minimum atomic E-state index is -0.476. The second-order valence-electron chi connectivity index (χ2n) is 4.89. The molecule has 2 aromatic carbocycles. The molecule has 0 aliphatic heterocycles. The third kappa shape index (κ3) is 4.92. The molecule has 0 aliphatic rings. The van der Waals surface area contributed by atoms with E-state index in [1.54, 1.807) is 24.3 Å². The van der Waals surface area contributed by atoms with Crippen molar-refractivity contribution >= 4 is 33.2 Å². The van der Waals surface area contributed by atoms with Crippen LogP contribution in [0, 0.1) is 10.1 Å². The molecule has 24 heavy (non-hydrogen) atoms. The van der Waals surface area contributed by atoms with Gasteiger partial charge >= 0.3 is 0 Å². The number of nitrogens with zero attached hydrogens (tertiary/aromatic N) is 1. The minimum Gasteiger partial charge on any atom is -0.483 e. The zero-order valence-corrected chi connectivity index (χ0v) is 14.3. The molecule has 124 valence electrons. The normalized spacial score (nSPS) is 10.0. The molecule has 0 aromatic heterocycles. The molecule has 0 aliphatic carbocycles.